The molecule has 1 unspecified atom stereocenters. The molecule has 2 aromatic carbocycles. The monoisotopic (exact) mass is 421 g/mol. The lowest BCUT2D eigenvalue weighted by atomic mass is 10.1. The lowest BCUT2D eigenvalue weighted by Crippen LogP contribution is -2.47. The number of para-hydroxylation sites is 2. The van der Waals surface area contributed by atoms with Crippen molar-refractivity contribution in [2.45, 2.75) is 26.1 Å². The van der Waals surface area contributed by atoms with E-state index in [1.165, 1.54) is 19.9 Å². The van der Waals surface area contributed by atoms with E-state index < -0.39 is 47.8 Å². The Bertz CT molecular complexity index is 1010. The van der Waals surface area contributed by atoms with Gasteiger partial charge in [0.1, 0.15) is 12.3 Å². The van der Waals surface area contributed by atoms with Crippen molar-refractivity contribution in [3.05, 3.63) is 48.0 Å². The number of rotatable bonds is 4. The van der Waals surface area contributed by atoms with Crippen LogP contribution in [0, 0.1) is 0 Å². The number of alkyl halides is 3. The molecule has 3 rings (SSSR count). The number of anilines is 3. The summed E-state index contributed by atoms with van der Waals surface area (Å²) in [6.07, 6.45) is -5.61. The summed E-state index contributed by atoms with van der Waals surface area (Å²) in [5, 5.41) is 4.47. The average Bonchev–Trinajstić information content (AvgIpc) is 2.65. The van der Waals surface area contributed by atoms with Gasteiger partial charge in [-0.15, -0.1) is 0 Å². The highest BCUT2D eigenvalue weighted by atomic mass is 19.4. The van der Waals surface area contributed by atoms with Gasteiger partial charge in [-0.05, 0) is 37.3 Å². The SMILES string of the molecule is CC(=O)Nc1ccc(NC(=O)CN2C(=O)C(C)Oc3ccccc32)c(C(F)(F)F)c1. The van der Waals surface area contributed by atoms with Crippen molar-refractivity contribution in [2.24, 2.45) is 0 Å². The van der Waals surface area contributed by atoms with Crippen LogP contribution in [0.3, 0.4) is 0 Å². The van der Waals surface area contributed by atoms with Crippen LogP contribution in [0.1, 0.15) is 19.4 Å². The molecule has 158 valence electrons. The van der Waals surface area contributed by atoms with Crippen molar-refractivity contribution in [3.8, 4) is 5.75 Å². The van der Waals surface area contributed by atoms with Gasteiger partial charge in [0, 0.05) is 12.6 Å². The molecule has 1 aliphatic heterocycles. The molecular formula is C20H18F3N3O4. The number of fused-ring (bicyclic) bond motifs is 1. The Morgan fingerprint density at radius 2 is 1.83 bits per heavy atom. The molecule has 0 saturated carbocycles. The number of nitrogens with one attached hydrogen (secondary N) is 2. The predicted molar refractivity (Wildman–Crippen MR) is 103 cm³/mol. The minimum atomic E-state index is -4.77. The maximum Gasteiger partial charge on any atom is 0.418 e. The summed E-state index contributed by atoms with van der Waals surface area (Å²) in [4.78, 5) is 37.2. The minimum Gasteiger partial charge on any atom is -0.479 e. The summed E-state index contributed by atoms with van der Waals surface area (Å²) < 4.78 is 45.8. The van der Waals surface area contributed by atoms with Crippen LogP contribution < -0.4 is 20.3 Å². The van der Waals surface area contributed by atoms with E-state index in [2.05, 4.69) is 10.6 Å². The van der Waals surface area contributed by atoms with E-state index in [0.717, 1.165) is 17.0 Å². The molecule has 0 aliphatic carbocycles. The lowest BCUT2D eigenvalue weighted by molar-refractivity contribution is -0.137. The third kappa shape index (κ3) is 4.53. The Labute approximate surface area is 169 Å². The number of hydrogen-bond acceptors (Lipinski definition) is 4. The largest absolute Gasteiger partial charge is 0.479 e. The first-order chi connectivity index (χ1) is 14.1. The van der Waals surface area contributed by atoms with E-state index in [1.807, 2.05) is 0 Å². The number of carbonyl (C=O) groups excluding carboxylic acids is 3. The van der Waals surface area contributed by atoms with Crippen LogP contribution in [0.4, 0.5) is 30.2 Å². The summed E-state index contributed by atoms with van der Waals surface area (Å²) >= 11 is 0. The first kappa shape index (κ1) is 21.2. The van der Waals surface area contributed by atoms with Crippen LogP contribution in [0.5, 0.6) is 5.75 Å². The number of ether oxygens (including phenoxy) is 1. The molecule has 3 amide bonds. The van der Waals surface area contributed by atoms with Crippen molar-refractivity contribution in [1.82, 2.24) is 0 Å². The molecule has 0 radical (unpaired) electrons. The molecule has 7 nitrogen and oxygen atoms in total. The van der Waals surface area contributed by atoms with Crippen LogP contribution in [-0.2, 0) is 20.6 Å². The van der Waals surface area contributed by atoms with E-state index >= 15 is 0 Å². The lowest BCUT2D eigenvalue weighted by Gasteiger charge is -2.32. The number of nitrogens with zero attached hydrogens (tertiary/aromatic N) is 1. The van der Waals surface area contributed by atoms with Crippen molar-refractivity contribution < 1.29 is 32.3 Å². The zero-order chi connectivity index (χ0) is 22.1. The first-order valence-corrected chi connectivity index (χ1v) is 8.92. The number of hydrogen-bond donors (Lipinski definition) is 2. The third-order valence-corrected chi connectivity index (χ3v) is 4.29. The van der Waals surface area contributed by atoms with Crippen molar-refractivity contribution in [2.75, 3.05) is 22.1 Å². The predicted octanol–water partition coefficient (Wildman–Crippen LogP) is 3.42. The molecule has 0 aromatic heterocycles. The highest BCUT2D eigenvalue weighted by Crippen LogP contribution is 2.37. The maximum absolute atomic E-state index is 13.4. The Hall–Kier alpha value is -3.56. The number of amides is 3. The average molecular weight is 421 g/mol. The fourth-order valence-electron chi connectivity index (χ4n) is 3.02. The molecule has 0 spiro atoms. The topological polar surface area (TPSA) is 87.7 Å². The Morgan fingerprint density at radius 1 is 1.13 bits per heavy atom. The van der Waals surface area contributed by atoms with Gasteiger partial charge < -0.3 is 15.4 Å². The number of benzene rings is 2. The third-order valence-electron chi connectivity index (χ3n) is 4.29. The Kier molecular flexibility index (Phi) is 5.68. The molecular weight excluding hydrogens is 403 g/mol. The Balaban J connectivity index is 1.84. The highest BCUT2D eigenvalue weighted by molar-refractivity contribution is 6.06. The fourth-order valence-corrected chi connectivity index (χ4v) is 3.02. The second-order valence-corrected chi connectivity index (χ2v) is 6.64. The standard InChI is InChI=1S/C20H18F3N3O4/c1-11-19(29)26(16-5-3-4-6-17(16)30-11)10-18(28)25-15-8-7-13(24-12(2)27)9-14(15)20(21,22)23/h3-9,11H,10H2,1-2H3,(H,24,27)(H,25,28). The number of halogens is 3. The molecule has 30 heavy (non-hydrogen) atoms. The molecule has 2 aromatic rings. The van der Waals surface area contributed by atoms with Gasteiger partial charge in [0.15, 0.2) is 6.10 Å². The molecule has 0 fully saturated rings. The maximum atomic E-state index is 13.4. The van der Waals surface area contributed by atoms with Gasteiger partial charge in [0.05, 0.1) is 16.9 Å². The molecule has 1 atom stereocenters. The van der Waals surface area contributed by atoms with Gasteiger partial charge in [-0.2, -0.15) is 13.2 Å². The highest BCUT2D eigenvalue weighted by Gasteiger charge is 2.36. The molecule has 1 aliphatic rings. The van der Waals surface area contributed by atoms with Gasteiger partial charge in [-0.3, -0.25) is 19.3 Å². The van der Waals surface area contributed by atoms with Crippen LogP contribution >= 0.6 is 0 Å². The van der Waals surface area contributed by atoms with Gasteiger partial charge in [0.25, 0.3) is 5.91 Å². The van der Waals surface area contributed by atoms with Gasteiger partial charge in [-0.1, -0.05) is 12.1 Å². The number of carbonyl (C=O) groups is 3. The normalized spacial score (nSPS) is 15.8. The van der Waals surface area contributed by atoms with Gasteiger partial charge in [-0.25, -0.2) is 0 Å². The second-order valence-electron chi connectivity index (χ2n) is 6.64. The van der Waals surface area contributed by atoms with Crippen LogP contribution in [-0.4, -0.2) is 30.4 Å². The van der Waals surface area contributed by atoms with Crippen molar-refractivity contribution >= 4 is 34.8 Å². The second kappa shape index (κ2) is 8.05. The van der Waals surface area contributed by atoms with Gasteiger partial charge >= 0.3 is 6.18 Å². The van der Waals surface area contributed by atoms with E-state index in [4.69, 9.17) is 4.74 Å². The fraction of sp³-hybridized carbons (Fsp3) is 0.250. The first-order valence-electron chi connectivity index (χ1n) is 8.92. The van der Waals surface area contributed by atoms with Crippen LogP contribution in [0.2, 0.25) is 0 Å². The van der Waals surface area contributed by atoms with E-state index in [-0.39, 0.29) is 5.69 Å². The zero-order valence-electron chi connectivity index (χ0n) is 16.0. The van der Waals surface area contributed by atoms with Crippen molar-refractivity contribution in [1.29, 1.82) is 0 Å². The molecule has 1 heterocycles. The molecule has 2 N–H and O–H groups in total. The van der Waals surface area contributed by atoms with Crippen molar-refractivity contribution in [3.63, 3.8) is 0 Å². The summed E-state index contributed by atoms with van der Waals surface area (Å²) in [5.41, 5.74) is -1.31. The van der Waals surface area contributed by atoms with Crippen LogP contribution in [0.25, 0.3) is 0 Å². The van der Waals surface area contributed by atoms with E-state index in [1.54, 1.807) is 24.3 Å². The quantitative estimate of drug-likeness (QED) is 0.792. The summed E-state index contributed by atoms with van der Waals surface area (Å²) in [6, 6.07) is 9.58. The zero-order valence-corrected chi connectivity index (χ0v) is 16.0. The summed E-state index contributed by atoms with van der Waals surface area (Å²) in [6.45, 7) is 2.20. The molecule has 10 heteroatoms. The van der Waals surface area contributed by atoms with Crippen LogP contribution in [0.15, 0.2) is 42.5 Å². The summed E-state index contributed by atoms with van der Waals surface area (Å²) in [7, 11) is 0. The minimum absolute atomic E-state index is 0.0565. The van der Waals surface area contributed by atoms with E-state index in [0.29, 0.717) is 11.4 Å². The van der Waals surface area contributed by atoms with E-state index in [9.17, 15) is 27.6 Å². The smallest absolute Gasteiger partial charge is 0.418 e. The molecule has 0 bridgehead atoms. The molecule has 0 saturated heterocycles. The van der Waals surface area contributed by atoms with Gasteiger partial charge in [0.2, 0.25) is 11.8 Å². The Morgan fingerprint density at radius 3 is 2.50 bits per heavy atom. The summed E-state index contributed by atoms with van der Waals surface area (Å²) in [5.74, 6) is -1.43.